The second kappa shape index (κ2) is 8.19. The van der Waals surface area contributed by atoms with Crippen molar-refractivity contribution in [3.8, 4) is 0 Å². The summed E-state index contributed by atoms with van der Waals surface area (Å²) in [6.45, 7) is 7.18. The van der Waals surface area contributed by atoms with E-state index in [0.717, 1.165) is 38.3 Å². The standard InChI is InChI=1S/C16H27N5O/c1-14(21-10-8-19(2)9-11-21)4-5-16(22)20(3)13-15-12-17-6-7-18-15/h6-7,12,14H,4-5,8-11,13H2,1-3H3/t14-/m1/s1. The Morgan fingerprint density at radius 1 is 1.32 bits per heavy atom. The maximum Gasteiger partial charge on any atom is 0.222 e. The van der Waals surface area contributed by atoms with Gasteiger partial charge < -0.3 is 9.80 Å². The van der Waals surface area contributed by atoms with Gasteiger partial charge in [-0.1, -0.05) is 0 Å². The molecule has 1 atom stereocenters. The molecule has 122 valence electrons. The molecule has 0 N–H and O–H groups in total. The lowest BCUT2D eigenvalue weighted by molar-refractivity contribution is -0.130. The van der Waals surface area contributed by atoms with Crippen molar-refractivity contribution in [1.29, 1.82) is 0 Å². The Hall–Kier alpha value is -1.53. The number of amides is 1. The lowest BCUT2D eigenvalue weighted by Gasteiger charge is -2.36. The Balaban J connectivity index is 1.72. The van der Waals surface area contributed by atoms with E-state index in [4.69, 9.17) is 0 Å². The van der Waals surface area contributed by atoms with Crippen LogP contribution in [0.2, 0.25) is 0 Å². The van der Waals surface area contributed by atoms with Crippen molar-refractivity contribution in [1.82, 2.24) is 24.7 Å². The fourth-order valence-corrected chi connectivity index (χ4v) is 2.71. The molecule has 0 bridgehead atoms. The van der Waals surface area contributed by atoms with E-state index in [1.54, 1.807) is 23.5 Å². The lowest BCUT2D eigenvalue weighted by Crippen LogP contribution is -2.48. The van der Waals surface area contributed by atoms with E-state index in [2.05, 4.69) is 33.7 Å². The molecule has 6 nitrogen and oxygen atoms in total. The quantitative estimate of drug-likeness (QED) is 0.780. The molecule has 6 heteroatoms. The van der Waals surface area contributed by atoms with E-state index in [9.17, 15) is 4.79 Å². The van der Waals surface area contributed by atoms with Gasteiger partial charge in [-0.15, -0.1) is 0 Å². The fraction of sp³-hybridized carbons (Fsp3) is 0.688. The Kier molecular flexibility index (Phi) is 6.27. The summed E-state index contributed by atoms with van der Waals surface area (Å²) in [5.41, 5.74) is 0.825. The largest absolute Gasteiger partial charge is 0.340 e. The molecule has 22 heavy (non-hydrogen) atoms. The van der Waals surface area contributed by atoms with Crippen LogP contribution in [-0.2, 0) is 11.3 Å². The predicted octanol–water partition coefficient (Wildman–Crippen LogP) is 0.851. The summed E-state index contributed by atoms with van der Waals surface area (Å²) >= 11 is 0. The molecule has 1 aromatic heterocycles. The van der Waals surface area contributed by atoms with Gasteiger partial charge in [0.25, 0.3) is 0 Å². The molecule has 0 spiro atoms. The molecule has 1 saturated heterocycles. The van der Waals surface area contributed by atoms with Gasteiger partial charge in [-0.3, -0.25) is 19.7 Å². The van der Waals surface area contributed by atoms with Gasteiger partial charge in [-0.2, -0.15) is 0 Å². The summed E-state index contributed by atoms with van der Waals surface area (Å²) in [5.74, 6) is 0.173. The summed E-state index contributed by atoms with van der Waals surface area (Å²) in [5, 5.41) is 0. The zero-order chi connectivity index (χ0) is 15.9. The van der Waals surface area contributed by atoms with Crippen LogP contribution >= 0.6 is 0 Å². The van der Waals surface area contributed by atoms with E-state index in [1.165, 1.54) is 0 Å². The molecular weight excluding hydrogens is 278 g/mol. The molecule has 2 heterocycles. The number of rotatable bonds is 6. The molecule has 1 fully saturated rings. The van der Waals surface area contributed by atoms with E-state index < -0.39 is 0 Å². The monoisotopic (exact) mass is 305 g/mol. The second-order valence-electron chi connectivity index (χ2n) is 6.17. The van der Waals surface area contributed by atoms with Crippen molar-refractivity contribution in [2.24, 2.45) is 0 Å². The molecule has 0 unspecified atom stereocenters. The normalized spacial score (nSPS) is 18.1. The van der Waals surface area contributed by atoms with E-state index in [0.29, 0.717) is 19.0 Å². The highest BCUT2D eigenvalue weighted by atomic mass is 16.2. The summed E-state index contributed by atoms with van der Waals surface area (Å²) < 4.78 is 0. The lowest BCUT2D eigenvalue weighted by atomic mass is 10.1. The molecular formula is C16H27N5O. The first-order valence-electron chi connectivity index (χ1n) is 7.97. The topological polar surface area (TPSA) is 52.6 Å². The first-order valence-corrected chi connectivity index (χ1v) is 7.97. The number of carbonyl (C=O) groups is 1. The Labute approximate surface area is 133 Å². The molecule has 1 amide bonds. The third-order valence-electron chi connectivity index (χ3n) is 4.38. The van der Waals surface area contributed by atoms with Crippen molar-refractivity contribution in [3.63, 3.8) is 0 Å². The van der Waals surface area contributed by atoms with Crippen LogP contribution in [0.15, 0.2) is 18.6 Å². The maximum absolute atomic E-state index is 12.2. The van der Waals surface area contributed by atoms with Gasteiger partial charge in [-0.25, -0.2) is 0 Å². The number of hydrogen-bond donors (Lipinski definition) is 0. The zero-order valence-corrected chi connectivity index (χ0v) is 13.9. The first-order chi connectivity index (χ1) is 10.6. The third kappa shape index (κ3) is 5.03. The number of carbonyl (C=O) groups excluding carboxylic acids is 1. The number of nitrogens with zero attached hydrogens (tertiary/aromatic N) is 5. The maximum atomic E-state index is 12.2. The fourth-order valence-electron chi connectivity index (χ4n) is 2.71. The minimum atomic E-state index is 0.173. The van der Waals surface area contributed by atoms with Crippen LogP contribution in [0.4, 0.5) is 0 Å². The van der Waals surface area contributed by atoms with Gasteiger partial charge in [0, 0.05) is 58.1 Å². The minimum Gasteiger partial charge on any atom is -0.340 e. The van der Waals surface area contributed by atoms with Gasteiger partial charge in [0.2, 0.25) is 5.91 Å². The van der Waals surface area contributed by atoms with Crippen LogP contribution in [0, 0.1) is 0 Å². The van der Waals surface area contributed by atoms with Crippen molar-refractivity contribution in [3.05, 3.63) is 24.3 Å². The van der Waals surface area contributed by atoms with Crippen LogP contribution in [-0.4, -0.2) is 76.9 Å². The molecule has 0 radical (unpaired) electrons. The Bertz CT molecular complexity index is 459. The number of piperazine rings is 1. The van der Waals surface area contributed by atoms with Gasteiger partial charge in [0.05, 0.1) is 18.4 Å². The second-order valence-corrected chi connectivity index (χ2v) is 6.17. The van der Waals surface area contributed by atoms with E-state index in [-0.39, 0.29) is 5.91 Å². The van der Waals surface area contributed by atoms with Crippen LogP contribution in [0.5, 0.6) is 0 Å². The van der Waals surface area contributed by atoms with E-state index >= 15 is 0 Å². The van der Waals surface area contributed by atoms with Crippen LogP contribution in [0.1, 0.15) is 25.5 Å². The highest BCUT2D eigenvalue weighted by molar-refractivity contribution is 5.75. The number of aromatic nitrogens is 2. The average Bonchev–Trinajstić information content (AvgIpc) is 2.53. The van der Waals surface area contributed by atoms with Gasteiger partial charge in [0.1, 0.15) is 0 Å². The third-order valence-corrected chi connectivity index (χ3v) is 4.38. The predicted molar refractivity (Wildman–Crippen MR) is 86.3 cm³/mol. The van der Waals surface area contributed by atoms with Crippen LogP contribution in [0.25, 0.3) is 0 Å². The number of hydrogen-bond acceptors (Lipinski definition) is 5. The smallest absolute Gasteiger partial charge is 0.222 e. The minimum absolute atomic E-state index is 0.173. The molecule has 1 aromatic rings. The number of likely N-dealkylation sites (N-methyl/N-ethyl adjacent to an activating group) is 1. The molecule has 2 rings (SSSR count). The van der Waals surface area contributed by atoms with Crippen molar-refractivity contribution < 1.29 is 4.79 Å². The van der Waals surface area contributed by atoms with Gasteiger partial charge >= 0.3 is 0 Å². The van der Waals surface area contributed by atoms with Crippen LogP contribution < -0.4 is 0 Å². The summed E-state index contributed by atoms with van der Waals surface area (Å²) in [4.78, 5) is 27.0. The molecule has 1 aliphatic rings. The van der Waals surface area contributed by atoms with Gasteiger partial charge in [0.15, 0.2) is 0 Å². The molecule has 0 saturated carbocycles. The Morgan fingerprint density at radius 2 is 2.05 bits per heavy atom. The summed E-state index contributed by atoms with van der Waals surface area (Å²) in [6, 6.07) is 0.461. The summed E-state index contributed by atoms with van der Waals surface area (Å²) in [7, 11) is 3.99. The summed E-state index contributed by atoms with van der Waals surface area (Å²) in [6.07, 6.45) is 6.50. The highest BCUT2D eigenvalue weighted by Gasteiger charge is 2.20. The Morgan fingerprint density at radius 3 is 2.68 bits per heavy atom. The molecule has 1 aliphatic heterocycles. The average molecular weight is 305 g/mol. The van der Waals surface area contributed by atoms with Gasteiger partial charge in [-0.05, 0) is 20.4 Å². The van der Waals surface area contributed by atoms with Crippen LogP contribution in [0.3, 0.4) is 0 Å². The van der Waals surface area contributed by atoms with E-state index in [1.807, 2.05) is 7.05 Å². The van der Waals surface area contributed by atoms with Crippen molar-refractivity contribution in [2.75, 3.05) is 40.3 Å². The SMILES string of the molecule is C[C@H](CCC(=O)N(C)Cc1cnccn1)N1CCN(C)CC1. The molecule has 0 aromatic carbocycles. The zero-order valence-electron chi connectivity index (χ0n) is 13.9. The molecule has 0 aliphatic carbocycles. The highest BCUT2D eigenvalue weighted by Crippen LogP contribution is 2.11. The first kappa shape index (κ1) is 16.8. The van der Waals surface area contributed by atoms with Crippen molar-refractivity contribution >= 4 is 5.91 Å². The van der Waals surface area contributed by atoms with Crippen molar-refractivity contribution in [2.45, 2.75) is 32.4 Å².